The molecule has 0 aliphatic carbocycles. The van der Waals surface area contributed by atoms with Gasteiger partial charge in [-0.25, -0.2) is 9.97 Å². The summed E-state index contributed by atoms with van der Waals surface area (Å²) < 4.78 is 8.69. The number of aromatic nitrogens is 13. The number of rotatable bonds is 0. The van der Waals surface area contributed by atoms with Crippen molar-refractivity contribution in [2.75, 3.05) is 0 Å². The Morgan fingerprint density at radius 1 is 0.533 bits per heavy atom. The van der Waals surface area contributed by atoms with Gasteiger partial charge in [-0.05, 0) is 6.07 Å². The normalized spacial score (nSPS) is 8.83. The topological polar surface area (TPSA) is 128 Å². The molecule has 13 heteroatoms. The zero-order valence-electron chi connectivity index (χ0n) is 17.7. The van der Waals surface area contributed by atoms with Crippen molar-refractivity contribution in [1.29, 1.82) is 0 Å². The fourth-order valence-corrected chi connectivity index (χ4v) is 1.46. The molecule has 0 aromatic carbocycles. The Morgan fingerprint density at radius 3 is 1.47 bits per heavy atom. The van der Waals surface area contributed by atoms with E-state index in [0.29, 0.717) is 0 Å². The molecular weight excluding hydrogens is 386 g/mol. The molecule has 0 bridgehead atoms. The molecule has 160 valence electrons. The van der Waals surface area contributed by atoms with Crippen LogP contribution in [0.4, 0.5) is 0 Å². The van der Waals surface area contributed by atoms with Gasteiger partial charge in [0.1, 0.15) is 25.3 Å². The molecule has 0 saturated carbocycles. The van der Waals surface area contributed by atoms with Crippen molar-refractivity contribution >= 4 is 0 Å². The van der Waals surface area contributed by atoms with E-state index in [1.807, 2.05) is 58.3 Å². The zero-order chi connectivity index (χ0) is 22.0. The van der Waals surface area contributed by atoms with Crippen LogP contribution in [0, 0.1) is 0 Å². The summed E-state index contributed by atoms with van der Waals surface area (Å²) in [6, 6.07) is 1.89. The lowest BCUT2D eigenvalue weighted by Gasteiger charge is -1.77. The summed E-state index contributed by atoms with van der Waals surface area (Å²) in [4.78, 5) is 7.46. The van der Waals surface area contributed by atoms with Crippen molar-refractivity contribution in [2.24, 2.45) is 35.2 Å². The molecular formula is C17H27N13. The van der Waals surface area contributed by atoms with Gasteiger partial charge in [0.05, 0.1) is 12.5 Å². The molecule has 0 fully saturated rings. The number of aryl methyl sites for hydroxylation is 5. The molecule has 0 radical (unpaired) electrons. The van der Waals surface area contributed by atoms with Crippen LogP contribution in [0.2, 0.25) is 0 Å². The van der Waals surface area contributed by atoms with E-state index in [2.05, 4.69) is 40.7 Å². The standard InChI is InChI=1S/2C4H6N2.3C3H5N3/c1-6-3-2-5-4-6;1-6-4-2-3-5-6;1-6-2-4-5-3-6;1-6-3-4-2-5-6;1-6-3-2-4-5-6/h2*2-4H,1H3;3*2-3H,1H3. The monoisotopic (exact) mass is 413 g/mol. The average Bonchev–Trinajstić information content (AvgIpc) is 3.50. The second-order valence-electron chi connectivity index (χ2n) is 5.68. The van der Waals surface area contributed by atoms with Crippen molar-refractivity contribution in [3.05, 3.63) is 74.9 Å². The fourth-order valence-electron chi connectivity index (χ4n) is 1.46. The van der Waals surface area contributed by atoms with Crippen LogP contribution in [-0.4, -0.2) is 63.9 Å². The lowest BCUT2D eigenvalue weighted by molar-refractivity contribution is 0.715. The van der Waals surface area contributed by atoms with Gasteiger partial charge >= 0.3 is 0 Å². The molecule has 0 atom stereocenters. The molecule has 0 aliphatic rings. The van der Waals surface area contributed by atoms with Crippen LogP contribution >= 0.6 is 0 Å². The molecule has 0 unspecified atom stereocenters. The smallest absolute Gasteiger partial charge is 0.137 e. The van der Waals surface area contributed by atoms with E-state index in [4.69, 9.17) is 0 Å². The first-order valence-electron chi connectivity index (χ1n) is 8.70. The number of imidazole rings is 1. The van der Waals surface area contributed by atoms with Crippen LogP contribution in [0.15, 0.2) is 74.9 Å². The SMILES string of the molecule is Cn1cccn1.Cn1ccnc1.Cn1ccnn1.Cn1cncn1.Cn1cnnc1. The maximum Gasteiger partial charge on any atom is 0.137 e. The third kappa shape index (κ3) is 13.1. The van der Waals surface area contributed by atoms with E-state index >= 15 is 0 Å². The van der Waals surface area contributed by atoms with Crippen molar-refractivity contribution in [1.82, 2.24) is 63.9 Å². The molecule has 5 heterocycles. The Kier molecular flexibility index (Phi) is 11.8. The van der Waals surface area contributed by atoms with Crippen molar-refractivity contribution in [3.8, 4) is 0 Å². The van der Waals surface area contributed by atoms with Gasteiger partial charge in [0.15, 0.2) is 0 Å². The Labute approximate surface area is 174 Å². The Balaban J connectivity index is 0.000000187. The third-order valence-corrected chi connectivity index (χ3v) is 2.88. The summed E-state index contributed by atoms with van der Waals surface area (Å²) in [6.07, 6.45) is 18.9. The largest absolute Gasteiger partial charge is 0.341 e. The van der Waals surface area contributed by atoms with Gasteiger partial charge in [0.25, 0.3) is 0 Å². The van der Waals surface area contributed by atoms with Crippen LogP contribution in [-0.2, 0) is 35.2 Å². The highest BCUT2D eigenvalue weighted by atomic mass is 15.4. The highest BCUT2D eigenvalue weighted by Gasteiger charge is 1.72. The van der Waals surface area contributed by atoms with Crippen LogP contribution in [0.3, 0.4) is 0 Å². The van der Waals surface area contributed by atoms with Crippen LogP contribution in [0.1, 0.15) is 0 Å². The molecule has 5 aromatic heterocycles. The van der Waals surface area contributed by atoms with Gasteiger partial charge in [-0.15, -0.1) is 15.3 Å². The van der Waals surface area contributed by atoms with E-state index in [-0.39, 0.29) is 0 Å². The molecule has 5 aromatic rings. The quantitative estimate of drug-likeness (QED) is 0.354. The minimum atomic E-state index is 1.50. The predicted molar refractivity (Wildman–Crippen MR) is 109 cm³/mol. The van der Waals surface area contributed by atoms with Crippen molar-refractivity contribution in [3.63, 3.8) is 0 Å². The lowest BCUT2D eigenvalue weighted by atomic mass is 10.8. The molecule has 5 rings (SSSR count). The highest BCUT2D eigenvalue weighted by molar-refractivity contribution is 4.75. The first-order valence-corrected chi connectivity index (χ1v) is 8.70. The Hall–Kier alpha value is -4.16. The van der Waals surface area contributed by atoms with Crippen molar-refractivity contribution in [2.45, 2.75) is 0 Å². The second kappa shape index (κ2) is 14.8. The number of hydrogen-bond acceptors (Lipinski definition) is 8. The van der Waals surface area contributed by atoms with Crippen molar-refractivity contribution < 1.29 is 0 Å². The van der Waals surface area contributed by atoms with Gasteiger partial charge in [0.2, 0.25) is 0 Å². The summed E-state index contributed by atoms with van der Waals surface area (Å²) in [7, 11) is 9.35. The first-order chi connectivity index (χ1) is 14.5. The molecule has 0 spiro atoms. The fraction of sp³-hybridized carbons (Fsp3) is 0.294. The minimum Gasteiger partial charge on any atom is -0.341 e. The first kappa shape index (κ1) is 23.9. The van der Waals surface area contributed by atoms with Crippen LogP contribution < -0.4 is 0 Å². The van der Waals surface area contributed by atoms with Gasteiger partial charge in [0, 0.05) is 66.2 Å². The van der Waals surface area contributed by atoms with Crippen LogP contribution in [0.25, 0.3) is 0 Å². The van der Waals surface area contributed by atoms with E-state index in [1.54, 1.807) is 68.7 Å². The summed E-state index contributed by atoms with van der Waals surface area (Å²) in [5.74, 6) is 0. The van der Waals surface area contributed by atoms with Crippen LogP contribution in [0.5, 0.6) is 0 Å². The van der Waals surface area contributed by atoms with Gasteiger partial charge in [-0.1, -0.05) is 5.21 Å². The average molecular weight is 413 g/mol. The molecule has 0 aliphatic heterocycles. The zero-order valence-corrected chi connectivity index (χ0v) is 17.7. The van der Waals surface area contributed by atoms with E-state index < -0.39 is 0 Å². The van der Waals surface area contributed by atoms with Gasteiger partial charge in [-0.2, -0.15) is 10.2 Å². The number of hydrogen-bond donors (Lipinski definition) is 0. The predicted octanol–water partition coefficient (Wildman–Crippen LogP) is 0.286. The van der Waals surface area contributed by atoms with E-state index in [0.717, 1.165) is 0 Å². The summed E-state index contributed by atoms with van der Waals surface area (Å²) in [5, 5.41) is 21.7. The van der Waals surface area contributed by atoms with Gasteiger partial charge in [-0.3, -0.25) is 14.0 Å². The van der Waals surface area contributed by atoms with Gasteiger partial charge < -0.3 is 9.13 Å². The molecule has 13 nitrogen and oxygen atoms in total. The molecule has 0 saturated heterocycles. The maximum atomic E-state index is 3.83. The maximum absolute atomic E-state index is 3.83. The Bertz CT molecular complexity index is 735. The van der Waals surface area contributed by atoms with E-state index in [1.165, 1.54) is 6.33 Å². The minimum absolute atomic E-state index is 1.50. The highest BCUT2D eigenvalue weighted by Crippen LogP contribution is 1.74. The third-order valence-electron chi connectivity index (χ3n) is 2.88. The Morgan fingerprint density at radius 2 is 1.30 bits per heavy atom. The molecule has 30 heavy (non-hydrogen) atoms. The lowest BCUT2D eigenvalue weighted by Crippen LogP contribution is -1.85. The molecule has 0 amide bonds. The summed E-state index contributed by atoms with van der Waals surface area (Å²) in [5.41, 5.74) is 0. The molecule has 0 N–H and O–H groups in total. The van der Waals surface area contributed by atoms with E-state index in [9.17, 15) is 0 Å². The summed E-state index contributed by atoms with van der Waals surface area (Å²) in [6.45, 7) is 0. The number of nitrogens with zero attached hydrogens (tertiary/aromatic N) is 13. The second-order valence-corrected chi connectivity index (χ2v) is 5.68. The summed E-state index contributed by atoms with van der Waals surface area (Å²) >= 11 is 0.